The van der Waals surface area contributed by atoms with Gasteiger partial charge in [0.05, 0.1) is 11.6 Å². The van der Waals surface area contributed by atoms with E-state index in [1.807, 2.05) is 0 Å². The van der Waals surface area contributed by atoms with E-state index in [0.717, 1.165) is 0 Å². The molecule has 0 bridgehead atoms. The molecule has 0 aromatic heterocycles. The Kier molecular flexibility index (Phi) is 3.59. The summed E-state index contributed by atoms with van der Waals surface area (Å²) in [6, 6.07) is 2.45. The van der Waals surface area contributed by atoms with Gasteiger partial charge in [-0.1, -0.05) is 11.6 Å². The molecule has 1 aliphatic heterocycles. The van der Waals surface area contributed by atoms with Gasteiger partial charge in [0.25, 0.3) is 0 Å². The van der Waals surface area contributed by atoms with Gasteiger partial charge in [0.15, 0.2) is 0 Å². The van der Waals surface area contributed by atoms with Gasteiger partial charge < -0.3 is 10.5 Å². The highest BCUT2D eigenvalue weighted by molar-refractivity contribution is 6.32. The summed E-state index contributed by atoms with van der Waals surface area (Å²) in [7, 11) is 0. The number of benzene rings is 1. The zero-order chi connectivity index (χ0) is 9.42. The van der Waals surface area contributed by atoms with Gasteiger partial charge in [0.2, 0.25) is 0 Å². The van der Waals surface area contributed by atoms with E-state index >= 15 is 0 Å². The fourth-order valence-corrected chi connectivity index (χ4v) is 1.72. The molecule has 5 heteroatoms. The molecule has 1 aliphatic rings. The average Bonchev–Trinajstić information content (AvgIpc) is 2.07. The molecule has 0 aliphatic carbocycles. The van der Waals surface area contributed by atoms with Crippen molar-refractivity contribution in [2.45, 2.75) is 12.5 Å². The molecule has 0 saturated heterocycles. The van der Waals surface area contributed by atoms with Gasteiger partial charge in [-0.15, -0.1) is 12.4 Å². The van der Waals surface area contributed by atoms with Crippen molar-refractivity contribution in [3.63, 3.8) is 0 Å². The van der Waals surface area contributed by atoms with Gasteiger partial charge in [0, 0.05) is 18.0 Å². The topological polar surface area (TPSA) is 35.2 Å². The second-order valence-corrected chi connectivity index (χ2v) is 3.46. The van der Waals surface area contributed by atoms with E-state index in [2.05, 4.69) is 0 Å². The quantitative estimate of drug-likeness (QED) is 0.754. The molecule has 0 radical (unpaired) electrons. The third-order valence-corrected chi connectivity index (χ3v) is 2.39. The molecule has 2 nitrogen and oxygen atoms in total. The van der Waals surface area contributed by atoms with E-state index in [9.17, 15) is 4.39 Å². The normalized spacial score (nSPS) is 19.2. The monoisotopic (exact) mass is 237 g/mol. The Labute approximate surface area is 92.6 Å². The SMILES string of the molecule is Cl.N[C@@H]1CCOc2c(Cl)cc(F)cc21. The predicted molar refractivity (Wildman–Crippen MR) is 55.7 cm³/mol. The van der Waals surface area contributed by atoms with E-state index in [4.69, 9.17) is 22.1 Å². The van der Waals surface area contributed by atoms with E-state index in [0.29, 0.717) is 29.4 Å². The number of hydrogen-bond donors (Lipinski definition) is 1. The first kappa shape index (κ1) is 11.6. The lowest BCUT2D eigenvalue weighted by molar-refractivity contribution is 0.268. The molecular formula is C9H10Cl2FNO. The Morgan fingerprint density at radius 2 is 2.21 bits per heavy atom. The minimum atomic E-state index is -0.371. The highest BCUT2D eigenvalue weighted by Gasteiger charge is 2.21. The first-order chi connectivity index (χ1) is 6.18. The molecule has 0 unspecified atom stereocenters. The van der Waals surface area contributed by atoms with Crippen molar-refractivity contribution in [2.75, 3.05) is 6.61 Å². The van der Waals surface area contributed by atoms with Crippen LogP contribution in [0, 0.1) is 5.82 Å². The van der Waals surface area contributed by atoms with Crippen LogP contribution in [0.15, 0.2) is 12.1 Å². The Morgan fingerprint density at radius 3 is 2.93 bits per heavy atom. The average molecular weight is 238 g/mol. The molecule has 1 atom stereocenters. The van der Waals surface area contributed by atoms with Crippen molar-refractivity contribution >= 4 is 24.0 Å². The van der Waals surface area contributed by atoms with Gasteiger partial charge in [-0.3, -0.25) is 0 Å². The molecule has 0 spiro atoms. The zero-order valence-corrected chi connectivity index (χ0v) is 8.87. The molecule has 0 fully saturated rings. The van der Waals surface area contributed by atoms with Crippen molar-refractivity contribution in [3.8, 4) is 5.75 Å². The summed E-state index contributed by atoms with van der Waals surface area (Å²) >= 11 is 5.79. The lowest BCUT2D eigenvalue weighted by atomic mass is 10.0. The molecule has 0 amide bonds. The summed E-state index contributed by atoms with van der Waals surface area (Å²) in [4.78, 5) is 0. The first-order valence-corrected chi connectivity index (χ1v) is 4.43. The maximum atomic E-state index is 12.9. The molecule has 2 rings (SSSR count). The molecule has 1 heterocycles. The smallest absolute Gasteiger partial charge is 0.142 e. The summed E-state index contributed by atoms with van der Waals surface area (Å²) in [5.74, 6) is 0.159. The lowest BCUT2D eigenvalue weighted by Gasteiger charge is -2.23. The van der Waals surface area contributed by atoms with Crippen LogP contribution in [0.4, 0.5) is 4.39 Å². The van der Waals surface area contributed by atoms with Crippen LogP contribution in [0.1, 0.15) is 18.0 Å². The van der Waals surface area contributed by atoms with Crippen molar-refractivity contribution in [3.05, 3.63) is 28.5 Å². The minimum Gasteiger partial charge on any atom is -0.492 e. The number of rotatable bonds is 0. The molecule has 2 N–H and O–H groups in total. The molecule has 78 valence electrons. The summed E-state index contributed by atoms with van der Waals surface area (Å²) in [6.45, 7) is 0.541. The van der Waals surface area contributed by atoms with Crippen LogP contribution in [-0.4, -0.2) is 6.61 Å². The molecular weight excluding hydrogens is 228 g/mol. The van der Waals surface area contributed by atoms with Crippen molar-refractivity contribution in [1.82, 2.24) is 0 Å². The third kappa shape index (κ3) is 1.95. The summed E-state index contributed by atoms with van der Waals surface area (Å²) in [5, 5.41) is 0.296. The lowest BCUT2D eigenvalue weighted by Crippen LogP contribution is -2.20. The van der Waals surface area contributed by atoms with Crippen LogP contribution in [-0.2, 0) is 0 Å². The van der Waals surface area contributed by atoms with Gasteiger partial charge in [0.1, 0.15) is 11.6 Å². The van der Waals surface area contributed by atoms with Crippen LogP contribution in [0.3, 0.4) is 0 Å². The Morgan fingerprint density at radius 1 is 1.50 bits per heavy atom. The maximum Gasteiger partial charge on any atom is 0.142 e. The van der Waals surface area contributed by atoms with Gasteiger partial charge in [-0.2, -0.15) is 0 Å². The van der Waals surface area contributed by atoms with E-state index in [1.54, 1.807) is 0 Å². The zero-order valence-electron chi connectivity index (χ0n) is 7.30. The second kappa shape index (κ2) is 4.34. The molecule has 1 aromatic rings. The molecule has 14 heavy (non-hydrogen) atoms. The van der Waals surface area contributed by atoms with E-state index in [-0.39, 0.29) is 24.3 Å². The maximum absolute atomic E-state index is 12.9. The van der Waals surface area contributed by atoms with Gasteiger partial charge in [-0.05, 0) is 12.1 Å². The largest absolute Gasteiger partial charge is 0.492 e. The highest BCUT2D eigenvalue weighted by Crippen LogP contribution is 2.37. The Bertz CT molecular complexity index is 346. The van der Waals surface area contributed by atoms with Crippen molar-refractivity contribution in [1.29, 1.82) is 0 Å². The van der Waals surface area contributed by atoms with E-state index < -0.39 is 0 Å². The molecule has 1 aromatic carbocycles. The number of halogens is 3. The predicted octanol–water partition coefficient (Wildman–Crippen LogP) is 2.68. The van der Waals surface area contributed by atoms with Crippen LogP contribution in [0.5, 0.6) is 5.75 Å². The minimum absolute atomic E-state index is 0. The van der Waals surface area contributed by atoms with Crippen LogP contribution < -0.4 is 10.5 Å². The first-order valence-electron chi connectivity index (χ1n) is 4.06. The van der Waals surface area contributed by atoms with Gasteiger partial charge in [-0.25, -0.2) is 4.39 Å². The standard InChI is InChI=1S/C9H9ClFNO.ClH/c10-7-4-5(11)3-6-8(12)1-2-13-9(6)7;/h3-4,8H,1-2,12H2;1H/t8-;/m1./s1. The fourth-order valence-electron chi connectivity index (χ4n) is 1.45. The number of hydrogen-bond acceptors (Lipinski definition) is 2. The summed E-state index contributed by atoms with van der Waals surface area (Å²) < 4.78 is 18.2. The number of nitrogens with two attached hydrogens (primary N) is 1. The van der Waals surface area contributed by atoms with Crippen molar-refractivity contribution < 1.29 is 9.13 Å². The number of ether oxygens (including phenoxy) is 1. The Balaban J connectivity index is 0.000000980. The number of fused-ring (bicyclic) bond motifs is 1. The van der Waals surface area contributed by atoms with Crippen molar-refractivity contribution in [2.24, 2.45) is 5.73 Å². The van der Waals surface area contributed by atoms with Crippen LogP contribution >= 0.6 is 24.0 Å². The highest BCUT2D eigenvalue weighted by atomic mass is 35.5. The van der Waals surface area contributed by atoms with E-state index in [1.165, 1.54) is 12.1 Å². The van der Waals surface area contributed by atoms with Crippen LogP contribution in [0.2, 0.25) is 5.02 Å². The Hall–Kier alpha value is -0.510. The second-order valence-electron chi connectivity index (χ2n) is 3.05. The molecule has 0 saturated carbocycles. The summed E-state index contributed by atoms with van der Waals surface area (Å²) in [6.07, 6.45) is 0.701. The fraction of sp³-hybridized carbons (Fsp3) is 0.333. The van der Waals surface area contributed by atoms with Crippen LogP contribution in [0.25, 0.3) is 0 Å². The van der Waals surface area contributed by atoms with Gasteiger partial charge >= 0.3 is 0 Å². The third-order valence-electron chi connectivity index (χ3n) is 2.11. The summed E-state index contributed by atoms with van der Waals surface area (Å²) in [5.41, 5.74) is 6.44.